The molecule has 4 nitrogen and oxygen atoms in total. The minimum atomic E-state index is 0. The van der Waals surface area contributed by atoms with Crippen molar-refractivity contribution in [2.45, 2.75) is 19.8 Å². The van der Waals surface area contributed by atoms with Gasteiger partial charge in [0, 0.05) is 11.8 Å². The molecule has 0 fully saturated rings. The number of benzene rings is 1. The third kappa shape index (κ3) is 4.59. The van der Waals surface area contributed by atoms with Crippen LogP contribution in [0.4, 0.5) is 0 Å². The Morgan fingerprint density at radius 3 is 2.17 bits per heavy atom. The molecule has 1 heterocycles. The van der Waals surface area contributed by atoms with Crippen molar-refractivity contribution in [2.75, 3.05) is 0 Å². The fraction of sp³-hybridized carbons (Fsp3) is 0.231. The molecule has 5 heteroatoms. The summed E-state index contributed by atoms with van der Waals surface area (Å²) < 4.78 is 0. The van der Waals surface area contributed by atoms with Gasteiger partial charge in [0.25, 0.3) is 0 Å². The molecule has 0 unspecified atom stereocenters. The average Bonchev–Trinajstić information content (AvgIpc) is 2.30. The molecule has 3 N–H and O–H groups in total. The molecule has 0 aliphatic rings. The Balaban J connectivity index is 0. The van der Waals surface area contributed by atoms with E-state index in [1.165, 1.54) is 5.56 Å². The van der Waals surface area contributed by atoms with Crippen LogP contribution in [0.1, 0.15) is 25.3 Å². The van der Waals surface area contributed by atoms with Crippen LogP contribution in [0.25, 0.3) is 11.4 Å². The second kappa shape index (κ2) is 8.84. The number of rotatable bonds is 2. The molecule has 1 aromatic carbocycles. The summed E-state index contributed by atoms with van der Waals surface area (Å²) in [7, 11) is 0. The normalized spacial score (nSPS) is 8.83. The van der Waals surface area contributed by atoms with Crippen molar-refractivity contribution in [3.8, 4) is 11.4 Å². The van der Waals surface area contributed by atoms with Crippen LogP contribution in [0.15, 0.2) is 36.5 Å². The molecule has 1 radical (unpaired) electrons. The molecule has 2 aromatic rings. The Morgan fingerprint density at radius 2 is 1.72 bits per heavy atom. The van der Waals surface area contributed by atoms with Crippen molar-refractivity contribution >= 4 is 0 Å². The summed E-state index contributed by atoms with van der Waals surface area (Å²) in [6.07, 6.45) is 4.49. The molecule has 91 valence electrons. The van der Waals surface area contributed by atoms with E-state index in [1.807, 2.05) is 0 Å². The van der Waals surface area contributed by atoms with E-state index in [2.05, 4.69) is 54.3 Å². The van der Waals surface area contributed by atoms with Crippen LogP contribution in [-0.4, -0.2) is 20.9 Å². The second-order valence-corrected chi connectivity index (χ2v) is 3.79. The smallest absolute Gasteiger partial charge is 0.870 e. The van der Waals surface area contributed by atoms with E-state index in [0.29, 0.717) is 5.92 Å². The van der Waals surface area contributed by atoms with Gasteiger partial charge in [0.15, 0.2) is 5.82 Å². The first kappa shape index (κ1) is 19.2. The quantitative estimate of drug-likeness (QED) is 0.634. The summed E-state index contributed by atoms with van der Waals surface area (Å²) in [6.45, 7) is 4.36. The summed E-state index contributed by atoms with van der Waals surface area (Å²) in [6, 6.07) is 10.1. The van der Waals surface area contributed by atoms with Gasteiger partial charge in [0.2, 0.25) is 0 Å². The van der Waals surface area contributed by atoms with Crippen molar-refractivity contribution < 1.29 is 29.8 Å². The summed E-state index contributed by atoms with van der Waals surface area (Å²) in [5, 5.41) is 0. The van der Waals surface area contributed by atoms with Gasteiger partial charge in [-0.05, 0) is 17.5 Å². The topological polar surface area (TPSA) is 87.3 Å². The Bertz CT molecular complexity index is 433. The third-order valence-corrected chi connectivity index (χ3v) is 2.35. The van der Waals surface area contributed by atoms with E-state index in [0.717, 1.165) is 11.4 Å². The minimum Gasteiger partial charge on any atom is -0.870 e. The summed E-state index contributed by atoms with van der Waals surface area (Å²) in [5.74, 6) is 1.29. The van der Waals surface area contributed by atoms with Crippen LogP contribution < -0.4 is 18.9 Å². The van der Waals surface area contributed by atoms with Gasteiger partial charge in [-0.2, -0.15) is 0 Å². The zero-order valence-electron chi connectivity index (χ0n) is 10.9. The van der Waals surface area contributed by atoms with Crippen LogP contribution >= 0.6 is 0 Å². The first-order valence-corrected chi connectivity index (χ1v) is 5.07. The standard InChI is InChI=1S/C13H13N2.Li.2H2O/c1-10(2)11-4-6-12(7-5-11)13-14-8-3-9-15-13;;;/h3-8,10H,1-2H3;;2*1H2/q;+1;;/p-1. The summed E-state index contributed by atoms with van der Waals surface area (Å²) in [4.78, 5) is 8.27. The van der Waals surface area contributed by atoms with Gasteiger partial charge in [-0.15, -0.1) is 0 Å². The van der Waals surface area contributed by atoms with Crippen LogP contribution in [0, 0.1) is 6.20 Å². The van der Waals surface area contributed by atoms with E-state index >= 15 is 0 Å². The molecular formula is C13H16LiN2O2. The maximum atomic E-state index is 4.18. The molecule has 18 heavy (non-hydrogen) atoms. The zero-order valence-corrected chi connectivity index (χ0v) is 10.9. The predicted octanol–water partition coefficient (Wildman–Crippen LogP) is -0.930. The molecular weight excluding hydrogens is 223 g/mol. The van der Waals surface area contributed by atoms with Gasteiger partial charge in [0.1, 0.15) is 0 Å². The van der Waals surface area contributed by atoms with Crippen LogP contribution in [0.3, 0.4) is 0 Å². The van der Waals surface area contributed by atoms with Gasteiger partial charge < -0.3 is 11.0 Å². The van der Waals surface area contributed by atoms with E-state index in [-0.39, 0.29) is 29.8 Å². The van der Waals surface area contributed by atoms with E-state index in [4.69, 9.17) is 0 Å². The van der Waals surface area contributed by atoms with Crippen molar-refractivity contribution in [1.82, 2.24) is 9.97 Å². The molecule has 0 spiro atoms. The molecule has 0 bridgehead atoms. The predicted molar refractivity (Wildman–Crippen MR) is 65.9 cm³/mol. The Morgan fingerprint density at radius 1 is 1.11 bits per heavy atom. The number of hydrogen-bond donors (Lipinski definition) is 0. The monoisotopic (exact) mass is 239 g/mol. The van der Waals surface area contributed by atoms with Crippen LogP contribution in [0.2, 0.25) is 0 Å². The molecule has 2 rings (SSSR count). The largest absolute Gasteiger partial charge is 1.00 e. The fourth-order valence-corrected chi connectivity index (χ4v) is 1.42. The first-order chi connectivity index (χ1) is 7.27. The Hall–Kier alpha value is -1.18. The maximum absolute atomic E-state index is 4.18. The van der Waals surface area contributed by atoms with Crippen LogP contribution in [-0.2, 0) is 0 Å². The molecule has 0 saturated carbocycles. The molecule has 0 aliphatic carbocycles. The van der Waals surface area contributed by atoms with Crippen molar-refractivity contribution in [3.05, 3.63) is 48.3 Å². The SMILES string of the molecule is CC(C)c1ccc(-c2n[c]ccn2)cc1.O.[Li+].[OH-]. The van der Waals surface area contributed by atoms with E-state index in [1.54, 1.807) is 12.3 Å². The van der Waals surface area contributed by atoms with Gasteiger partial charge in [-0.3, -0.25) is 0 Å². The molecule has 0 amide bonds. The number of aromatic nitrogens is 2. The number of hydrogen-bond acceptors (Lipinski definition) is 3. The van der Waals surface area contributed by atoms with E-state index < -0.39 is 0 Å². The van der Waals surface area contributed by atoms with Crippen molar-refractivity contribution in [3.63, 3.8) is 0 Å². The summed E-state index contributed by atoms with van der Waals surface area (Å²) >= 11 is 0. The van der Waals surface area contributed by atoms with E-state index in [9.17, 15) is 0 Å². The van der Waals surface area contributed by atoms with Gasteiger partial charge in [-0.25, -0.2) is 9.97 Å². The Kier molecular flexibility index (Phi) is 9.41. The van der Waals surface area contributed by atoms with Crippen LogP contribution in [0.5, 0.6) is 0 Å². The maximum Gasteiger partial charge on any atom is 1.00 e. The third-order valence-electron chi connectivity index (χ3n) is 2.35. The second-order valence-electron chi connectivity index (χ2n) is 3.79. The molecule has 0 aliphatic heterocycles. The van der Waals surface area contributed by atoms with Gasteiger partial charge in [-0.1, -0.05) is 38.1 Å². The van der Waals surface area contributed by atoms with Gasteiger partial charge >= 0.3 is 18.9 Å². The zero-order chi connectivity index (χ0) is 10.7. The minimum absolute atomic E-state index is 0. The fourth-order valence-electron chi connectivity index (χ4n) is 1.42. The van der Waals surface area contributed by atoms with Crippen molar-refractivity contribution in [2.24, 2.45) is 0 Å². The molecule has 1 aromatic heterocycles. The molecule has 0 saturated heterocycles. The van der Waals surface area contributed by atoms with Gasteiger partial charge in [0.05, 0.1) is 6.20 Å². The molecule has 0 atom stereocenters. The summed E-state index contributed by atoms with van der Waals surface area (Å²) in [5.41, 5.74) is 2.37. The average molecular weight is 239 g/mol. The number of nitrogens with zero attached hydrogens (tertiary/aromatic N) is 2. The Labute approximate surface area is 119 Å². The van der Waals surface area contributed by atoms with Crippen molar-refractivity contribution in [1.29, 1.82) is 0 Å². The first-order valence-electron chi connectivity index (χ1n) is 5.07.